The number of carbonyl (C=O) groups is 2. The number of carbonyl (C=O) groups excluding carboxylic acids is 2. The second-order valence-electron chi connectivity index (χ2n) is 10.1. The third-order valence-electron chi connectivity index (χ3n) is 8.27. The summed E-state index contributed by atoms with van der Waals surface area (Å²) in [5.74, 6) is -1.42. The molecule has 8 nitrogen and oxygen atoms in total. The lowest BCUT2D eigenvalue weighted by molar-refractivity contribution is -0.172. The molecular weight excluding hydrogens is 477 g/mol. The van der Waals surface area contributed by atoms with Gasteiger partial charge in [0, 0.05) is 29.5 Å². The van der Waals surface area contributed by atoms with E-state index in [2.05, 4.69) is 11.9 Å². The molecule has 1 amide bonds. The predicted molar refractivity (Wildman–Crippen MR) is 133 cm³/mol. The van der Waals surface area contributed by atoms with Gasteiger partial charge in [0.25, 0.3) is 5.56 Å². The molecule has 190 valence electrons. The number of aliphatic hydroxyl groups is 1. The highest BCUT2D eigenvalue weighted by Crippen LogP contribution is 2.48. The van der Waals surface area contributed by atoms with E-state index < -0.39 is 17.1 Å². The van der Waals surface area contributed by atoms with Crippen LogP contribution in [0.5, 0.6) is 0 Å². The summed E-state index contributed by atoms with van der Waals surface area (Å²) >= 11 is 0. The predicted octanol–water partition coefficient (Wildman–Crippen LogP) is 2.99. The molecule has 0 unspecified atom stereocenters. The summed E-state index contributed by atoms with van der Waals surface area (Å²) in [4.78, 5) is 43.3. The fourth-order valence-electron chi connectivity index (χ4n) is 6.33. The molecule has 2 aromatic heterocycles. The van der Waals surface area contributed by atoms with Crippen molar-refractivity contribution in [2.75, 3.05) is 0 Å². The summed E-state index contributed by atoms with van der Waals surface area (Å²) in [5, 5.41) is 15.0. The van der Waals surface area contributed by atoms with E-state index in [0.717, 1.165) is 22.1 Å². The highest BCUT2D eigenvalue weighted by atomic mass is 19.1. The number of ether oxygens (including phenoxy) is 1. The topological polar surface area (TPSA) is 111 Å². The second-order valence-corrected chi connectivity index (χ2v) is 10.1. The van der Waals surface area contributed by atoms with Crippen LogP contribution in [0.3, 0.4) is 0 Å². The Kier molecular flexibility index (Phi) is 4.82. The van der Waals surface area contributed by atoms with Crippen LogP contribution in [0.25, 0.3) is 22.3 Å². The van der Waals surface area contributed by atoms with Crippen LogP contribution < -0.4 is 10.9 Å². The number of cyclic esters (lactones) is 1. The molecule has 6 rings (SSSR count). The van der Waals surface area contributed by atoms with E-state index in [1.165, 1.54) is 13.0 Å². The molecule has 0 bridgehead atoms. The quantitative estimate of drug-likeness (QED) is 0.329. The Hall–Kier alpha value is -3.85. The van der Waals surface area contributed by atoms with Gasteiger partial charge in [-0.15, -0.1) is 6.58 Å². The van der Waals surface area contributed by atoms with E-state index in [1.54, 1.807) is 30.6 Å². The molecule has 3 aromatic rings. The third kappa shape index (κ3) is 2.91. The van der Waals surface area contributed by atoms with E-state index >= 15 is 0 Å². The van der Waals surface area contributed by atoms with Crippen LogP contribution in [0.2, 0.25) is 0 Å². The van der Waals surface area contributed by atoms with Crippen LogP contribution in [0.1, 0.15) is 60.1 Å². The van der Waals surface area contributed by atoms with Crippen molar-refractivity contribution in [3.8, 4) is 11.4 Å². The van der Waals surface area contributed by atoms with Gasteiger partial charge >= 0.3 is 5.97 Å². The molecule has 1 aliphatic carbocycles. The molecule has 3 aliphatic rings. The van der Waals surface area contributed by atoms with Gasteiger partial charge in [-0.25, -0.2) is 14.2 Å². The lowest BCUT2D eigenvalue weighted by Gasteiger charge is -2.39. The van der Waals surface area contributed by atoms with Crippen molar-refractivity contribution < 1.29 is 23.8 Å². The van der Waals surface area contributed by atoms with Crippen molar-refractivity contribution in [2.24, 2.45) is 0 Å². The maximum Gasteiger partial charge on any atom is 0.343 e. The lowest BCUT2D eigenvalue weighted by Crippen LogP contribution is -2.46. The molecule has 9 heteroatoms. The Labute approximate surface area is 211 Å². The van der Waals surface area contributed by atoms with Gasteiger partial charge in [-0.05, 0) is 48.9 Å². The number of nitrogens with zero attached hydrogens (tertiary/aromatic N) is 2. The molecule has 1 aromatic carbocycles. The van der Waals surface area contributed by atoms with Gasteiger partial charge in [-0.2, -0.15) is 0 Å². The molecule has 0 saturated heterocycles. The highest BCUT2D eigenvalue weighted by Gasteiger charge is 2.47. The first-order valence-corrected chi connectivity index (χ1v) is 12.3. The van der Waals surface area contributed by atoms with Crippen LogP contribution in [0.4, 0.5) is 4.39 Å². The molecule has 2 aliphatic heterocycles. The number of hydrogen-bond donors (Lipinski definition) is 2. The molecule has 0 saturated carbocycles. The molecule has 2 atom stereocenters. The van der Waals surface area contributed by atoms with Crippen LogP contribution in [-0.4, -0.2) is 26.5 Å². The fourth-order valence-corrected chi connectivity index (χ4v) is 6.33. The number of nitrogens with one attached hydrogen (secondary N) is 1. The Morgan fingerprint density at radius 2 is 2.08 bits per heavy atom. The summed E-state index contributed by atoms with van der Waals surface area (Å²) in [6.45, 7) is 8.78. The number of halogens is 1. The number of rotatable bonds is 3. The number of esters is 1. The molecular formula is C28H26FN3O5. The molecule has 0 radical (unpaired) electrons. The average molecular weight is 504 g/mol. The van der Waals surface area contributed by atoms with E-state index in [9.17, 15) is 23.9 Å². The molecule has 0 spiro atoms. The SMILES string of the molecule is C=C[C@]1(NC(C)=O)CCc2c(C)c(F)cc3nc4c(c1c23)Cn1c-4cc2c(c1=O)COC(=O)[C@]2(O)CC. The lowest BCUT2D eigenvalue weighted by atomic mass is 9.73. The Balaban J connectivity index is 1.73. The summed E-state index contributed by atoms with van der Waals surface area (Å²) in [6.07, 6.45) is 2.72. The first-order chi connectivity index (χ1) is 17.6. The van der Waals surface area contributed by atoms with Crippen LogP contribution in [-0.2, 0) is 45.0 Å². The normalized spacial score (nSPS) is 23.2. The Morgan fingerprint density at radius 3 is 2.76 bits per heavy atom. The standard InChI is InChI=1S/C28H26FN3O5/c1-5-27(31-14(4)33)8-7-15-13(3)19(29)10-20-22(15)23(27)16-11-32-21(24(16)30-20)9-18-17(25(32)34)12-37-26(35)28(18,36)6-2/h5,9-10,36H,1,6-8,11-12H2,2-4H3,(H,31,33)/t27-,28-/m0/s1. The smallest absolute Gasteiger partial charge is 0.343 e. The Morgan fingerprint density at radius 1 is 1.32 bits per heavy atom. The maximum atomic E-state index is 15.0. The van der Waals surface area contributed by atoms with Gasteiger partial charge < -0.3 is 19.7 Å². The zero-order valence-electron chi connectivity index (χ0n) is 20.8. The van der Waals surface area contributed by atoms with Gasteiger partial charge in [0.15, 0.2) is 5.60 Å². The highest BCUT2D eigenvalue weighted by molar-refractivity contribution is 5.95. The van der Waals surface area contributed by atoms with E-state index in [0.29, 0.717) is 35.3 Å². The molecule has 4 heterocycles. The van der Waals surface area contributed by atoms with Gasteiger partial charge in [0.2, 0.25) is 5.91 Å². The van der Waals surface area contributed by atoms with Gasteiger partial charge in [-0.1, -0.05) is 13.0 Å². The average Bonchev–Trinajstić information content (AvgIpc) is 3.23. The van der Waals surface area contributed by atoms with Gasteiger partial charge in [0.1, 0.15) is 12.4 Å². The minimum atomic E-state index is -1.95. The largest absolute Gasteiger partial charge is 0.458 e. The number of fused-ring (bicyclic) bond motifs is 5. The minimum Gasteiger partial charge on any atom is -0.458 e. The van der Waals surface area contributed by atoms with E-state index in [1.807, 2.05) is 0 Å². The van der Waals surface area contributed by atoms with Crippen molar-refractivity contribution >= 4 is 22.8 Å². The number of pyridine rings is 2. The number of aromatic nitrogens is 2. The van der Waals surface area contributed by atoms with Crippen LogP contribution in [0, 0.1) is 12.7 Å². The first kappa shape index (κ1) is 23.5. The number of hydrogen-bond acceptors (Lipinski definition) is 6. The first-order valence-electron chi connectivity index (χ1n) is 12.3. The molecule has 2 N–H and O–H groups in total. The molecule has 37 heavy (non-hydrogen) atoms. The van der Waals surface area contributed by atoms with Crippen molar-refractivity contribution in [1.82, 2.24) is 14.9 Å². The van der Waals surface area contributed by atoms with Gasteiger partial charge in [-0.3, -0.25) is 9.59 Å². The van der Waals surface area contributed by atoms with Crippen molar-refractivity contribution in [3.63, 3.8) is 0 Å². The summed E-state index contributed by atoms with van der Waals surface area (Å²) < 4.78 is 21.7. The summed E-state index contributed by atoms with van der Waals surface area (Å²) in [6, 6.07) is 3.00. The van der Waals surface area contributed by atoms with Gasteiger partial charge in [0.05, 0.1) is 34.6 Å². The van der Waals surface area contributed by atoms with Crippen molar-refractivity contribution in [1.29, 1.82) is 0 Å². The van der Waals surface area contributed by atoms with E-state index in [4.69, 9.17) is 9.72 Å². The molecule has 0 fully saturated rings. The second kappa shape index (κ2) is 7.58. The van der Waals surface area contributed by atoms with Crippen molar-refractivity contribution in [3.05, 3.63) is 74.3 Å². The maximum absolute atomic E-state index is 15.0. The van der Waals surface area contributed by atoms with Crippen molar-refractivity contribution in [2.45, 2.75) is 64.3 Å². The minimum absolute atomic E-state index is 0.0287. The zero-order valence-corrected chi connectivity index (χ0v) is 20.8. The number of aryl methyl sites for hydroxylation is 1. The monoisotopic (exact) mass is 503 g/mol. The summed E-state index contributed by atoms with van der Waals surface area (Å²) in [5.41, 5.74) is 1.26. The van der Waals surface area contributed by atoms with Crippen LogP contribution >= 0.6 is 0 Å². The number of benzene rings is 1. The van der Waals surface area contributed by atoms with Crippen LogP contribution in [0.15, 0.2) is 29.6 Å². The fraction of sp³-hybridized carbons (Fsp3) is 0.357. The Bertz CT molecular complexity index is 1660. The van der Waals surface area contributed by atoms with E-state index in [-0.39, 0.29) is 48.0 Å². The number of amides is 1. The zero-order chi connectivity index (χ0) is 26.4. The third-order valence-corrected chi connectivity index (χ3v) is 8.27. The summed E-state index contributed by atoms with van der Waals surface area (Å²) in [7, 11) is 0.